The fourth-order valence-corrected chi connectivity index (χ4v) is 6.84. The van der Waals surface area contributed by atoms with Gasteiger partial charge >= 0.3 is 5.97 Å². The molecule has 3 aliphatic carbocycles. The van der Waals surface area contributed by atoms with E-state index in [1.54, 1.807) is 0 Å². The molecule has 0 saturated heterocycles. The molecule has 0 heterocycles. The molecule has 4 heteroatoms. The molecule has 3 rings (SSSR count). The SMILES string of the molecule is CCC1C(=CCCC(=O)O)[C@@]2(C)CC[C@@H](O)[C@H](CCC(O)C3CCCCC3)[C@@H]12. The molecule has 0 bridgehead atoms. The maximum absolute atomic E-state index is 10.9. The molecule has 3 fully saturated rings. The van der Waals surface area contributed by atoms with Crippen LogP contribution >= 0.6 is 0 Å². The van der Waals surface area contributed by atoms with Crippen molar-refractivity contribution in [3.05, 3.63) is 11.6 Å². The molecule has 0 aromatic heterocycles. The summed E-state index contributed by atoms with van der Waals surface area (Å²) in [6.45, 7) is 4.54. The lowest BCUT2D eigenvalue weighted by atomic mass is 9.42. The maximum Gasteiger partial charge on any atom is 0.303 e. The second-order valence-corrected chi connectivity index (χ2v) is 9.86. The van der Waals surface area contributed by atoms with E-state index in [1.807, 2.05) is 0 Å². The molecular weight excluding hydrogens is 352 g/mol. The highest BCUT2D eigenvalue weighted by molar-refractivity contribution is 5.66. The van der Waals surface area contributed by atoms with E-state index >= 15 is 0 Å². The number of hydrogen-bond donors (Lipinski definition) is 3. The normalized spacial score (nSPS) is 38.6. The molecule has 0 spiro atoms. The summed E-state index contributed by atoms with van der Waals surface area (Å²) in [5.74, 6) is 0.912. The summed E-state index contributed by atoms with van der Waals surface area (Å²) in [5, 5.41) is 30.5. The highest BCUT2D eigenvalue weighted by Crippen LogP contribution is 2.66. The van der Waals surface area contributed by atoms with Crippen molar-refractivity contribution < 1.29 is 20.1 Å². The van der Waals surface area contributed by atoms with Gasteiger partial charge in [0.05, 0.1) is 12.2 Å². The molecule has 2 unspecified atom stereocenters. The van der Waals surface area contributed by atoms with Gasteiger partial charge in [-0.15, -0.1) is 0 Å². The maximum atomic E-state index is 10.9. The van der Waals surface area contributed by atoms with Crippen molar-refractivity contribution in [2.75, 3.05) is 0 Å². The van der Waals surface area contributed by atoms with Crippen LogP contribution in [0.15, 0.2) is 11.6 Å². The van der Waals surface area contributed by atoms with Crippen LogP contribution in [-0.2, 0) is 4.79 Å². The van der Waals surface area contributed by atoms with E-state index in [0.717, 1.165) is 44.9 Å². The van der Waals surface area contributed by atoms with Gasteiger partial charge in [-0.05, 0) is 80.5 Å². The summed E-state index contributed by atoms with van der Waals surface area (Å²) in [4.78, 5) is 10.9. The Morgan fingerprint density at radius 2 is 1.96 bits per heavy atom. The number of carbonyl (C=O) groups is 1. The highest BCUT2D eigenvalue weighted by atomic mass is 16.4. The summed E-state index contributed by atoms with van der Waals surface area (Å²) in [7, 11) is 0. The second kappa shape index (κ2) is 9.30. The van der Waals surface area contributed by atoms with Gasteiger partial charge in [-0.3, -0.25) is 4.79 Å². The van der Waals surface area contributed by atoms with Gasteiger partial charge in [0, 0.05) is 6.42 Å². The number of aliphatic hydroxyl groups excluding tert-OH is 2. The molecular formula is C24H40O4. The largest absolute Gasteiger partial charge is 0.481 e. The van der Waals surface area contributed by atoms with Gasteiger partial charge in [0.25, 0.3) is 0 Å². The van der Waals surface area contributed by atoms with E-state index in [1.165, 1.54) is 24.8 Å². The number of allylic oxidation sites excluding steroid dienone is 2. The summed E-state index contributed by atoms with van der Waals surface area (Å²) in [6.07, 6.45) is 13.2. The number of aliphatic carboxylic acids is 1. The van der Waals surface area contributed by atoms with Gasteiger partial charge in [0.15, 0.2) is 0 Å². The molecule has 0 aromatic carbocycles. The van der Waals surface area contributed by atoms with Crippen LogP contribution in [0.3, 0.4) is 0 Å². The third kappa shape index (κ3) is 4.33. The van der Waals surface area contributed by atoms with Crippen LogP contribution in [0.1, 0.15) is 90.9 Å². The average Bonchev–Trinajstić information content (AvgIpc) is 2.68. The molecule has 0 radical (unpaired) electrons. The molecule has 3 aliphatic rings. The predicted octanol–water partition coefficient (Wildman–Crippen LogP) is 4.93. The Labute approximate surface area is 170 Å². The van der Waals surface area contributed by atoms with E-state index in [-0.39, 0.29) is 30.0 Å². The van der Waals surface area contributed by atoms with Crippen LogP contribution in [0.2, 0.25) is 0 Å². The summed E-state index contributed by atoms with van der Waals surface area (Å²) in [5.41, 5.74) is 1.55. The lowest BCUT2D eigenvalue weighted by Gasteiger charge is -2.63. The summed E-state index contributed by atoms with van der Waals surface area (Å²) < 4.78 is 0. The van der Waals surface area contributed by atoms with E-state index in [4.69, 9.17) is 5.11 Å². The molecule has 6 atom stereocenters. The minimum absolute atomic E-state index is 0.110. The Morgan fingerprint density at radius 3 is 2.61 bits per heavy atom. The Kier molecular flexibility index (Phi) is 7.25. The Morgan fingerprint density at radius 1 is 1.25 bits per heavy atom. The van der Waals surface area contributed by atoms with Crippen LogP contribution in [0.5, 0.6) is 0 Å². The quantitative estimate of drug-likeness (QED) is 0.512. The molecule has 28 heavy (non-hydrogen) atoms. The Bertz CT molecular complexity index is 565. The van der Waals surface area contributed by atoms with Crippen molar-refractivity contribution >= 4 is 5.97 Å². The average molecular weight is 393 g/mol. The summed E-state index contributed by atoms with van der Waals surface area (Å²) in [6, 6.07) is 0. The van der Waals surface area contributed by atoms with Gasteiger partial charge < -0.3 is 15.3 Å². The molecule has 3 N–H and O–H groups in total. The van der Waals surface area contributed by atoms with Crippen LogP contribution in [-0.4, -0.2) is 33.5 Å². The number of rotatable bonds is 8. The van der Waals surface area contributed by atoms with Gasteiger partial charge in [0.1, 0.15) is 0 Å². The number of hydrogen-bond acceptors (Lipinski definition) is 3. The number of carboxylic acids is 1. The van der Waals surface area contributed by atoms with Crippen molar-refractivity contribution in [1.29, 1.82) is 0 Å². The van der Waals surface area contributed by atoms with Crippen molar-refractivity contribution in [2.24, 2.45) is 29.1 Å². The highest BCUT2D eigenvalue weighted by Gasteiger charge is 2.59. The lowest BCUT2D eigenvalue weighted by Crippen LogP contribution is -2.58. The first-order chi connectivity index (χ1) is 13.4. The van der Waals surface area contributed by atoms with Gasteiger partial charge in [-0.25, -0.2) is 0 Å². The van der Waals surface area contributed by atoms with Crippen LogP contribution in [0.4, 0.5) is 0 Å². The fraction of sp³-hybridized carbons (Fsp3) is 0.875. The number of carboxylic acid groups (broad SMARTS) is 1. The first-order valence-corrected chi connectivity index (χ1v) is 11.7. The van der Waals surface area contributed by atoms with Crippen molar-refractivity contribution in [2.45, 2.75) is 103 Å². The summed E-state index contributed by atoms with van der Waals surface area (Å²) >= 11 is 0. The standard InChI is InChI=1S/C24H40O4/c1-3-17-19(10-7-11-22(27)28)24(2)15-14-21(26)18(23(17)24)12-13-20(25)16-8-5-4-6-9-16/h10,16-18,20-21,23,25-26H,3-9,11-15H2,1-2H3,(H,27,28)/t17?,18-,20?,21+,23+,24+/m0/s1. The Hall–Kier alpha value is -0.870. The minimum Gasteiger partial charge on any atom is -0.481 e. The van der Waals surface area contributed by atoms with E-state index in [0.29, 0.717) is 24.2 Å². The molecule has 0 aromatic rings. The smallest absolute Gasteiger partial charge is 0.303 e. The van der Waals surface area contributed by atoms with Gasteiger partial charge in [0.2, 0.25) is 0 Å². The zero-order valence-corrected chi connectivity index (χ0v) is 17.8. The Balaban J connectivity index is 1.65. The number of fused-ring (bicyclic) bond motifs is 1. The minimum atomic E-state index is -0.737. The zero-order chi connectivity index (χ0) is 20.3. The van der Waals surface area contributed by atoms with Crippen LogP contribution in [0, 0.1) is 29.1 Å². The van der Waals surface area contributed by atoms with Crippen molar-refractivity contribution in [3.8, 4) is 0 Å². The van der Waals surface area contributed by atoms with Gasteiger partial charge in [-0.1, -0.05) is 44.8 Å². The van der Waals surface area contributed by atoms with E-state index in [9.17, 15) is 15.0 Å². The predicted molar refractivity (Wildman–Crippen MR) is 111 cm³/mol. The first-order valence-electron chi connectivity index (χ1n) is 11.7. The fourth-order valence-electron chi connectivity index (χ4n) is 6.84. The lowest BCUT2D eigenvalue weighted by molar-refractivity contribution is -0.136. The molecule has 0 amide bonds. The zero-order valence-electron chi connectivity index (χ0n) is 17.8. The van der Waals surface area contributed by atoms with E-state index in [2.05, 4.69) is 19.9 Å². The third-order valence-electron chi connectivity index (χ3n) is 8.30. The van der Waals surface area contributed by atoms with E-state index < -0.39 is 5.97 Å². The second-order valence-electron chi connectivity index (χ2n) is 9.86. The topological polar surface area (TPSA) is 77.8 Å². The third-order valence-corrected chi connectivity index (χ3v) is 8.30. The molecule has 0 aliphatic heterocycles. The van der Waals surface area contributed by atoms with Crippen molar-refractivity contribution in [3.63, 3.8) is 0 Å². The van der Waals surface area contributed by atoms with Crippen molar-refractivity contribution in [1.82, 2.24) is 0 Å². The van der Waals surface area contributed by atoms with Gasteiger partial charge in [-0.2, -0.15) is 0 Å². The molecule has 3 saturated carbocycles. The number of aliphatic hydroxyl groups is 2. The van der Waals surface area contributed by atoms with Crippen LogP contribution < -0.4 is 0 Å². The molecule has 4 nitrogen and oxygen atoms in total. The monoisotopic (exact) mass is 392 g/mol. The molecule has 160 valence electrons. The first kappa shape index (κ1) is 21.8. The van der Waals surface area contributed by atoms with Crippen LogP contribution in [0.25, 0.3) is 0 Å².